The van der Waals surface area contributed by atoms with Gasteiger partial charge in [-0.2, -0.15) is 0 Å². The predicted octanol–water partition coefficient (Wildman–Crippen LogP) is 3.89. The fraction of sp³-hybridized carbons (Fsp3) is 0.556. The van der Waals surface area contributed by atoms with Gasteiger partial charge in [-0.1, -0.05) is 24.4 Å². The molecule has 0 unspecified atom stereocenters. The minimum atomic E-state index is -0.458. The molecule has 1 aliphatic heterocycles. The van der Waals surface area contributed by atoms with Gasteiger partial charge in [-0.25, -0.2) is 4.79 Å². The van der Waals surface area contributed by atoms with Crippen LogP contribution in [0, 0.1) is 0 Å². The van der Waals surface area contributed by atoms with Crippen molar-refractivity contribution in [3.8, 4) is 0 Å². The minimum absolute atomic E-state index is 0.231. The van der Waals surface area contributed by atoms with E-state index < -0.39 is 5.60 Å². The molecule has 0 aromatic heterocycles. The Morgan fingerprint density at radius 2 is 1.96 bits per heavy atom. The summed E-state index contributed by atoms with van der Waals surface area (Å²) in [5.41, 5.74) is 3.38. The zero-order valence-electron chi connectivity index (χ0n) is 14.9. The third-order valence-corrected chi connectivity index (χ3v) is 4.30. The number of benzene rings is 1. The maximum atomic E-state index is 12.2. The molecule has 0 radical (unpaired) electrons. The molecule has 2 rings (SSSR count). The number of nitrogens with one attached hydrogen (secondary N) is 1. The molecule has 1 aromatic carbocycles. The van der Waals surface area contributed by atoms with Gasteiger partial charge in [-0.3, -0.25) is 0 Å². The average Bonchev–Trinajstić information content (AvgIpc) is 2.55. The Hall–Kier alpha value is -1.82. The first-order valence-corrected chi connectivity index (χ1v) is 8.81. The summed E-state index contributed by atoms with van der Waals surface area (Å²) in [6.07, 6.45) is 1.50. The number of nitrogens with zero attached hydrogens (tertiary/aromatic N) is 2. The SMILES string of the molecule is CNc1ccccc1N(C=S)C1CCN(C(=O)OC(C)(C)C)CC1. The summed E-state index contributed by atoms with van der Waals surface area (Å²) in [7, 11) is 1.91. The van der Waals surface area contributed by atoms with Crippen LogP contribution in [-0.2, 0) is 4.74 Å². The molecule has 1 amide bonds. The summed E-state index contributed by atoms with van der Waals surface area (Å²) < 4.78 is 5.46. The Morgan fingerprint density at radius 1 is 1.33 bits per heavy atom. The second-order valence-electron chi connectivity index (χ2n) is 6.98. The van der Waals surface area contributed by atoms with Crippen molar-refractivity contribution in [3.05, 3.63) is 24.3 Å². The lowest BCUT2D eigenvalue weighted by atomic mass is 10.0. The van der Waals surface area contributed by atoms with Crippen molar-refractivity contribution in [3.63, 3.8) is 0 Å². The largest absolute Gasteiger partial charge is 0.444 e. The lowest BCUT2D eigenvalue weighted by molar-refractivity contribution is 0.0207. The molecule has 1 aliphatic rings. The number of hydrogen-bond acceptors (Lipinski definition) is 4. The maximum Gasteiger partial charge on any atom is 0.410 e. The van der Waals surface area contributed by atoms with E-state index in [4.69, 9.17) is 17.0 Å². The summed E-state index contributed by atoms with van der Waals surface area (Å²) in [5.74, 6) is 0. The third kappa shape index (κ3) is 4.60. The highest BCUT2D eigenvalue weighted by atomic mass is 32.1. The van der Waals surface area contributed by atoms with Crippen LogP contribution >= 0.6 is 12.2 Å². The van der Waals surface area contributed by atoms with Crippen molar-refractivity contribution < 1.29 is 9.53 Å². The van der Waals surface area contributed by atoms with Crippen LogP contribution in [0.3, 0.4) is 0 Å². The Morgan fingerprint density at radius 3 is 2.50 bits per heavy atom. The Labute approximate surface area is 150 Å². The van der Waals surface area contributed by atoms with Gasteiger partial charge in [-0.05, 0) is 45.7 Å². The lowest BCUT2D eigenvalue weighted by Crippen LogP contribution is -2.47. The molecule has 0 aliphatic carbocycles. The van der Waals surface area contributed by atoms with Crippen molar-refractivity contribution in [1.29, 1.82) is 0 Å². The van der Waals surface area contributed by atoms with Gasteiger partial charge in [-0.15, -0.1) is 0 Å². The smallest absolute Gasteiger partial charge is 0.410 e. The number of anilines is 2. The first-order chi connectivity index (χ1) is 11.4. The van der Waals surface area contributed by atoms with E-state index in [1.54, 1.807) is 10.4 Å². The number of para-hydroxylation sites is 2. The van der Waals surface area contributed by atoms with Crippen LogP contribution in [-0.4, -0.2) is 48.3 Å². The molecule has 24 heavy (non-hydrogen) atoms. The Balaban J connectivity index is 2.02. The second kappa shape index (κ2) is 7.83. The van der Waals surface area contributed by atoms with E-state index in [1.165, 1.54) is 0 Å². The van der Waals surface area contributed by atoms with Crippen molar-refractivity contribution >= 4 is 35.2 Å². The van der Waals surface area contributed by atoms with Gasteiger partial charge in [0, 0.05) is 26.2 Å². The highest BCUT2D eigenvalue weighted by Crippen LogP contribution is 2.29. The number of carbonyl (C=O) groups excluding carboxylic acids is 1. The molecule has 0 saturated carbocycles. The minimum Gasteiger partial charge on any atom is -0.444 e. The monoisotopic (exact) mass is 349 g/mol. The molecule has 1 saturated heterocycles. The van der Waals surface area contributed by atoms with E-state index in [-0.39, 0.29) is 12.1 Å². The van der Waals surface area contributed by atoms with Crippen LogP contribution in [0.15, 0.2) is 24.3 Å². The van der Waals surface area contributed by atoms with Gasteiger partial charge in [0.2, 0.25) is 0 Å². The number of ether oxygens (including phenoxy) is 1. The van der Waals surface area contributed by atoms with Crippen molar-refractivity contribution in [2.75, 3.05) is 30.4 Å². The molecule has 1 aromatic rings. The summed E-state index contributed by atoms with van der Waals surface area (Å²) in [6.45, 7) is 7.03. The summed E-state index contributed by atoms with van der Waals surface area (Å²) in [5, 5.41) is 3.21. The first-order valence-electron chi connectivity index (χ1n) is 8.34. The zero-order valence-corrected chi connectivity index (χ0v) is 15.7. The number of rotatable bonds is 4. The van der Waals surface area contributed by atoms with Crippen LogP contribution in [0.4, 0.5) is 16.2 Å². The fourth-order valence-electron chi connectivity index (χ4n) is 2.90. The van der Waals surface area contributed by atoms with Gasteiger partial charge in [0.15, 0.2) is 0 Å². The highest BCUT2D eigenvalue weighted by Gasteiger charge is 2.29. The van der Waals surface area contributed by atoms with Crippen LogP contribution in [0.25, 0.3) is 0 Å². The van der Waals surface area contributed by atoms with E-state index >= 15 is 0 Å². The third-order valence-electron chi connectivity index (χ3n) is 4.07. The number of amides is 1. The fourth-order valence-corrected chi connectivity index (χ4v) is 3.19. The highest BCUT2D eigenvalue weighted by molar-refractivity contribution is 7.79. The van der Waals surface area contributed by atoms with Crippen LogP contribution in [0.1, 0.15) is 33.6 Å². The molecular formula is C18H27N3O2S. The molecule has 1 N–H and O–H groups in total. The van der Waals surface area contributed by atoms with Crippen molar-refractivity contribution in [1.82, 2.24) is 4.90 Å². The number of hydrogen-bond donors (Lipinski definition) is 1. The zero-order chi connectivity index (χ0) is 17.7. The van der Waals surface area contributed by atoms with Gasteiger partial charge < -0.3 is 19.9 Å². The van der Waals surface area contributed by atoms with Gasteiger partial charge >= 0.3 is 6.09 Å². The Bertz CT molecular complexity index is 578. The van der Waals surface area contributed by atoms with Crippen molar-refractivity contribution in [2.24, 2.45) is 0 Å². The van der Waals surface area contributed by atoms with Gasteiger partial charge in [0.1, 0.15) is 5.60 Å². The van der Waals surface area contributed by atoms with Gasteiger partial charge in [0.05, 0.1) is 16.9 Å². The summed E-state index contributed by atoms with van der Waals surface area (Å²) >= 11 is 5.26. The average molecular weight is 350 g/mol. The molecule has 1 heterocycles. The lowest BCUT2D eigenvalue weighted by Gasteiger charge is -2.38. The molecule has 1 fully saturated rings. The van der Waals surface area contributed by atoms with Crippen molar-refractivity contribution in [2.45, 2.75) is 45.3 Å². The number of piperidine rings is 1. The first kappa shape index (κ1) is 18.5. The topological polar surface area (TPSA) is 44.8 Å². The molecular weight excluding hydrogens is 322 g/mol. The standard InChI is InChI=1S/C18H27N3O2S/c1-18(2,3)23-17(22)20-11-9-14(10-12-20)21(13-24)16-8-6-5-7-15(16)19-4/h5-8,13-14,19H,9-12H2,1-4H3. The normalized spacial score (nSPS) is 15.8. The van der Waals surface area contributed by atoms with E-state index in [2.05, 4.69) is 16.3 Å². The quantitative estimate of drug-likeness (QED) is 0.836. The molecule has 6 heteroatoms. The van der Waals surface area contributed by atoms with Crippen LogP contribution in [0.5, 0.6) is 0 Å². The number of likely N-dealkylation sites (tertiary alicyclic amines) is 1. The molecule has 0 spiro atoms. The van der Waals surface area contributed by atoms with Crippen LogP contribution in [0.2, 0.25) is 0 Å². The van der Waals surface area contributed by atoms with E-state index in [9.17, 15) is 4.79 Å². The predicted molar refractivity (Wildman–Crippen MR) is 103 cm³/mol. The number of thiocarbonyl (C=S) groups is 1. The van der Waals surface area contributed by atoms with E-state index in [1.807, 2.05) is 46.0 Å². The van der Waals surface area contributed by atoms with Gasteiger partial charge in [0.25, 0.3) is 0 Å². The molecule has 132 valence electrons. The second-order valence-corrected chi connectivity index (χ2v) is 7.19. The van der Waals surface area contributed by atoms with E-state index in [0.29, 0.717) is 13.1 Å². The molecule has 0 bridgehead atoms. The number of carbonyl (C=O) groups is 1. The summed E-state index contributed by atoms with van der Waals surface area (Å²) in [6, 6.07) is 8.40. The molecule has 5 nitrogen and oxygen atoms in total. The maximum absolute atomic E-state index is 12.2. The van der Waals surface area contributed by atoms with E-state index in [0.717, 1.165) is 24.2 Å². The molecule has 0 atom stereocenters. The van der Waals surface area contributed by atoms with Crippen LogP contribution < -0.4 is 10.2 Å². The Kier molecular flexibility index (Phi) is 6.04. The summed E-state index contributed by atoms with van der Waals surface area (Å²) in [4.78, 5) is 16.1.